The van der Waals surface area contributed by atoms with Crippen molar-refractivity contribution in [3.05, 3.63) is 0 Å². The zero-order valence-electron chi connectivity index (χ0n) is 21.4. The maximum Gasteiger partial charge on any atom is 0.00745 e. The Kier molecular flexibility index (Phi) is 34.8. The van der Waals surface area contributed by atoms with Gasteiger partial charge in [-0.1, -0.05) is 51.4 Å². The summed E-state index contributed by atoms with van der Waals surface area (Å²) in [6.07, 6.45) is 19.6. The van der Waals surface area contributed by atoms with Crippen molar-refractivity contribution in [1.29, 1.82) is 0 Å². The molecule has 12 N–H and O–H groups in total. The predicted octanol–water partition coefficient (Wildman–Crippen LogP) is 2.41. The van der Waals surface area contributed by atoms with Crippen LogP contribution in [0.2, 0.25) is 0 Å². The van der Waals surface area contributed by atoms with Gasteiger partial charge >= 0.3 is 0 Å². The molecule has 7 heteroatoms. The summed E-state index contributed by atoms with van der Waals surface area (Å²) in [5, 5.41) is 6.62. The largest absolute Gasteiger partial charge is 0.330 e. The third-order valence-corrected chi connectivity index (χ3v) is 5.80. The molecule has 7 nitrogen and oxygen atoms in total. The fraction of sp³-hybridized carbons (Fsp3) is 1.00. The Morgan fingerprint density at radius 2 is 0.875 bits per heavy atom. The minimum atomic E-state index is 0.733. The van der Waals surface area contributed by atoms with Gasteiger partial charge in [-0.3, -0.25) is 0 Å². The van der Waals surface area contributed by atoms with Crippen molar-refractivity contribution in [3.8, 4) is 0 Å². The van der Waals surface area contributed by atoms with E-state index in [9.17, 15) is 0 Å². The minimum absolute atomic E-state index is 0.733. The molecule has 0 aliphatic heterocycles. The Labute approximate surface area is 200 Å². The molecule has 32 heavy (non-hydrogen) atoms. The lowest BCUT2D eigenvalue weighted by atomic mass is 9.90. The molecular formula is C25H61N7. The first-order valence-electron chi connectivity index (χ1n) is 13.7. The highest BCUT2D eigenvalue weighted by Crippen LogP contribution is 2.21. The molecule has 0 saturated heterocycles. The summed E-state index contributed by atoms with van der Waals surface area (Å²) in [4.78, 5) is 0. The highest BCUT2D eigenvalue weighted by Gasteiger charge is 2.09. The Bertz CT molecular complexity index is 280. The van der Waals surface area contributed by atoms with E-state index >= 15 is 0 Å². The van der Waals surface area contributed by atoms with Crippen molar-refractivity contribution >= 4 is 0 Å². The predicted molar refractivity (Wildman–Crippen MR) is 144 cm³/mol. The molecule has 0 spiro atoms. The van der Waals surface area contributed by atoms with Gasteiger partial charge in [-0.2, -0.15) is 0 Å². The second kappa shape index (κ2) is 32.9. The van der Waals surface area contributed by atoms with Gasteiger partial charge in [0.2, 0.25) is 0 Å². The molecule has 0 aromatic carbocycles. The molecule has 0 amide bonds. The van der Waals surface area contributed by atoms with E-state index < -0.39 is 0 Å². The average molecular weight is 460 g/mol. The molecule has 0 heterocycles. The highest BCUT2D eigenvalue weighted by atomic mass is 14.9. The maximum absolute atomic E-state index is 5.50. The summed E-state index contributed by atoms with van der Waals surface area (Å²) >= 11 is 0. The Balaban J connectivity index is 0. The van der Waals surface area contributed by atoms with Crippen LogP contribution in [-0.2, 0) is 0 Å². The van der Waals surface area contributed by atoms with Crippen LogP contribution in [0.4, 0.5) is 0 Å². The van der Waals surface area contributed by atoms with Crippen LogP contribution in [0, 0.1) is 5.92 Å². The van der Waals surface area contributed by atoms with Crippen molar-refractivity contribution in [2.45, 2.75) is 96.3 Å². The minimum Gasteiger partial charge on any atom is -0.330 e. The summed E-state index contributed by atoms with van der Waals surface area (Å²) in [6, 6.07) is 0. The molecule has 0 aromatic rings. The smallest absolute Gasteiger partial charge is 0.00745 e. The Morgan fingerprint density at radius 3 is 1.34 bits per heavy atom. The van der Waals surface area contributed by atoms with E-state index in [-0.39, 0.29) is 0 Å². The van der Waals surface area contributed by atoms with Gasteiger partial charge < -0.3 is 39.3 Å². The van der Waals surface area contributed by atoms with E-state index in [1.807, 2.05) is 0 Å². The van der Waals surface area contributed by atoms with Gasteiger partial charge in [0, 0.05) is 13.1 Å². The molecule has 1 aliphatic rings. The van der Waals surface area contributed by atoms with E-state index in [1.165, 1.54) is 83.5 Å². The molecule has 0 atom stereocenters. The molecule has 0 bridgehead atoms. The third kappa shape index (κ3) is 31.9. The number of rotatable bonds is 19. The Hall–Kier alpha value is -0.280. The fourth-order valence-corrected chi connectivity index (χ4v) is 3.67. The first kappa shape index (κ1) is 33.9. The zero-order chi connectivity index (χ0) is 24.0. The lowest BCUT2D eigenvalue weighted by Gasteiger charge is -2.18. The summed E-state index contributed by atoms with van der Waals surface area (Å²) in [5.74, 6) is 0.865. The summed E-state index contributed by atoms with van der Waals surface area (Å²) in [5.41, 5.74) is 26.9. The SMILES string of the molecule is NCC1CCCCC1.NCCCCCCCCNCCCN.NCCCCCNCCN. The monoisotopic (exact) mass is 459 g/mol. The van der Waals surface area contributed by atoms with E-state index in [0.29, 0.717) is 0 Å². The van der Waals surface area contributed by atoms with Gasteiger partial charge in [0.15, 0.2) is 0 Å². The lowest BCUT2D eigenvalue weighted by molar-refractivity contribution is 0.366. The highest BCUT2D eigenvalue weighted by molar-refractivity contribution is 4.65. The van der Waals surface area contributed by atoms with Crippen molar-refractivity contribution in [3.63, 3.8) is 0 Å². The van der Waals surface area contributed by atoms with Crippen molar-refractivity contribution in [1.82, 2.24) is 10.6 Å². The zero-order valence-corrected chi connectivity index (χ0v) is 21.4. The molecule has 0 unspecified atom stereocenters. The van der Waals surface area contributed by atoms with Crippen LogP contribution >= 0.6 is 0 Å². The van der Waals surface area contributed by atoms with Gasteiger partial charge in [0.25, 0.3) is 0 Å². The fourth-order valence-electron chi connectivity index (χ4n) is 3.67. The molecule has 1 fully saturated rings. The van der Waals surface area contributed by atoms with Crippen LogP contribution in [0.15, 0.2) is 0 Å². The average Bonchev–Trinajstić information content (AvgIpc) is 2.84. The van der Waals surface area contributed by atoms with Gasteiger partial charge in [0.05, 0.1) is 0 Å². The molecule has 1 saturated carbocycles. The molecule has 0 aromatic heterocycles. The van der Waals surface area contributed by atoms with Gasteiger partial charge in [-0.15, -0.1) is 0 Å². The summed E-state index contributed by atoms with van der Waals surface area (Å²) in [7, 11) is 0. The number of nitrogens with one attached hydrogen (secondary N) is 2. The first-order chi connectivity index (χ1) is 15.8. The van der Waals surface area contributed by atoms with Crippen molar-refractivity contribution in [2.24, 2.45) is 34.6 Å². The third-order valence-electron chi connectivity index (χ3n) is 5.80. The Morgan fingerprint density at radius 1 is 0.438 bits per heavy atom. The van der Waals surface area contributed by atoms with Gasteiger partial charge in [-0.25, -0.2) is 0 Å². The van der Waals surface area contributed by atoms with Crippen LogP contribution in [0.1, 0.15) is 96.3 Å². The first-order valence-corrected chi connectivity index (χ1v) is 13.7. The molecular weight excluding hydrogens is 398 g/mol. The molecule has 196 valence electrons. The topological polar surface area (TPSA) is 154 Å². The van der Waals surface area contributed by atoms with E-state index in [0.717, 1.165) is 77.7 Å². The van der Waals surface area contributed by atoms with Crippen LogP contribution in [-0.4, -0.2) is 58.9 Å². The quantitative estimate of drug-likeness (QED) is 0.146. The van der Waals surface area contributed by atoms with Crippen LogP contribution in [0.3, 0.4) is 0 Å². The number of hydrogen-bond acceptors (Lipinski definition) is 7. The van der Waals surface area contributed by atoms with Crippen molar-refractivity contribution in [2.75, 3.05) is 58.9 Å². The molecule has 1 aliphatic carbocycles. The molecule has 0 radical (unpaired) electrons. The normalized spacial score (nSPS) is 13.8. The van der Waals surface area contributed by atoms with Gasteiger partial charge in [0.1, 0.15) is 0 Å². The van der Waals surface area contributed by atoms with Crippen LogP contribution in [0.5, 0.6) is 0 Å². The second-order valence-corrected chi connectivity index (χ2v) is 8.93. The summed E-state index contributed by atoms with van der Waals surface area (Å²) < 4.78 is 0. The number of hydrogen-bond donors (Lipinski definition) is 7. The van der Waals surface area contributed by atoms with Gasteiger partial charge in [-0.05, 0) is 96.7 Å². The van der Waals surface area contributed by atoms with E-state index in [4.69, 9.17) is 28.7 Å². The van der Waals surface area contributed by atoms with Crippen LogP contribution in [0.25, 0.3) is 0 Å². The van der Waals surface area contributed by atoms with Crippen molar-refractivity contribution < 1.29 is 0 Å². The number of unbranched alkanes of at least 4 members (excludes halogenated alkanes) is 7. The van der Waals surface area contributed by atoms with E-state index in [1.54, 1.807) is 0 Å². The second-order valence-electron chi connectivity index (χ2n) is 8.93. The number of nitrogens with two attached hydrogens (primary N) is 5. The molecule has 1 rings (SSSR count). The summed E-state index contributed by atoms with van der Waals surface area (Å²) in [6.45, 7) is 8.35. The van der Waals surface area contributed by atoms with Crippen LogP contribution < -0.4 is 39.3 Å². The van der Waals surface area contributed by atoms with E-state index in [2.05, 4.69) is 10.6 Å². The maximum atomic E-state index is 5.50. The lowest BCUT2D eigenvalue weighted by Crippen LogP contribution is -2.23. The standard InChI is InChI=1S/C11H27N3.C7H19N3.C7H15N/c12-8-5-3-1-2-4-6-10-14-11-7-9-13;8-4-2-1-3-6-10-7-5-9;8-6-7-4-2-1-3-5-7/h14H,1-13H2;10H,1-9H2;7H,1-6,8H2.